The fourth-order valence-electron chi connectivity index (χ4n) is 3.08. The van der Waals surface area contributed by atoms with Crippen molar-refractivity contribution in [1.82, 2.24) is 14.8 Å². The zero-order valence-electron chi connectivity index (χ0n) is 16.1. The standard InChI is InChI=1S/C21H18N4O4S/c1-24-13-16(20(23-24)14-8-10-15(11-9-14)25(27)28)21(26)29-12-4-7-19-22-17-5-2-3-6-18(17)30-19/h2-3,5-6,8-11,13H,4,7,12H2,1H3. The summed E-state index contributed by atoms with van der Waals surface area (Å²) in [5, 5.41) is 16.2. The molecule has 0 unspecified atom stereocenters. The topological polar surface area (TPSA) is 100 Å². The van der Waals surface area contributed by atoms with Gasteiger partial charge in [-0.2, -0.15) is 5.10 Å². The number of thiazole rings is 1. The number of fused-ring (bicyclic) bond motifs is 1. The van der Waals surface area contributed by atoms with Crippen molar-refractivity contribution in [3.05, 3.63) is 75.4 Å². The summed E-state index contributed by atoms with van der Waals surface area (Å²) in [5.74, 6) is -0.472. The quantitative estimate of drug-likeness (QED) is 0.189. The molecule has 2 heterocycles. The molecule has 152 valence electrons. The lowest BCUT2D eigenvalue weighted by Gasteiger charge is -2.04. The number of ether oxygens (including phenoxy) is 1. The SMILES string of the molecule is Cn1cc(C(=O)OCCCc2nc3ccccc3s2)c(-c2ccc([N+](=O)[O-])cc2)n1. The van der Waals surface area contributed by atoms with Crippen molar-refractivity contribution in [2.24, 2.45) is 7.05 Å². The van der Waals surface area contributed by atoms with Gasteiger partial charge in [0, 0.05) is 37.4 Å². The predicted molar refractivity (Wildman–Crippen MR) is 114 cm³/mol. The maximum absolute atomic E-state index is 12.6. The molecule has 0 N–H and O–H groups in total. The molecule has 0 aliphatic heterocycles. The minimum atomic E-state index is -0.472. The fraction of sp³-hybridized carbons (Fsp3) is 0.190. The number of aryl methyl sites for hydroxylation is 2. The van der Waals surface area contributed by atoms with Crippen LogP contribution in [0.2, 0.25) is 0 Å². The molecular weight excluding hydrogens is 404 g/mol. The van der Waals surface area contributed by atoms with Crippen LogP contribution in [0.15, 0.2) is 54.7 Å². The number of non-ortho nitro benzene ring substituents is 1. The molecule has 0 atom stereocenters. The third-order valence-corrected chi connectivity index (χ3v) is 5.60. The zero-order chi connectivity index (χ0) is 21.1. The van der Waals surface area contributed by atoms with Crippen molar-refractivity contribution >= 4 is 33.2 Å². The monoisotopic (exact) mass is 422 g/mol. The van der Waals surface area contributed by atoms with Crippen molar-refractivity contribution in [2.75, 3.05) is 6.61 Å². The average molecular weight is 422 g/mol. The minimum Gasteiger partial charge on any atom is -0.462 e. The van der Waals surface area contributed by atoms with Gasteiger partial charge >= 0.3 is 5.97 Å². The van der Waals surface area contributed by atoms with Crippen LogP contribution in [0.3, 0.4) is 0 Å². The second-order valence-electron chi connectivity index (χ2n) is 6.68. The van der Waals surface area contributed by atoms with Gasteiger partial charge in [-0.05, 0) is 30.7 Å². The molecular formula is C21H18N4O4S. The maximum atomic E-state index is 12.6. The molecule has 8 nitrogen and oxygen atoms in total. The van der Waals surface area contributed by atoms with E-state index in [1.165, 1.54) is 16.8 Å². The number of rotatable bonds is 7. The highest BCUT2D eigenvalue weighted by atomic mass is 32.1. The van der Waals surface area contributed by atoms with Crippen LogP contribution in [-0.2, 0) is 18.2 Å². The van der Waals surface area contributed by atoms with E-state index in [1.807, 2.05) is 24.3 Å². The van der Waals surface area contributed by atoms with Crippen LogP contribution in [0.25, 0.3) is 21.5 Å². The minimum absolute atomic E-state index is 0.0198. The first-order valence-electron chi connectivity index (χ1n) is 9.31. The molecule has 0 radical (unpaired) electrons. The first kappa shape index (κ1) is 19.7. The molecule has 2 aromatic carbocycles. The van der Waals surface area contributed by atoms with Crippen LogP contribution in [0.1, 0.15) is 21.8 Å². The molecule has 0 amide bonds. The summed E-state index contributed by atoms with van der Waals surface area (Å²) in [6, 6.07) is 13.9. The largest absolute Gasteiger partial charge is 0.462 e. The molecule has 0 fully saturated rings. The summed E-state index contributed by atoms with van der Waals surface area (Å²) in [4.78, 5) is 27.5. The van der Waals surface area contributed by atoms with Gasteiger partial charge in [-0.3, -0.25) is 14.8 Å². The van der Waals surface area contributed by atoms with Crippen LogP contribution >= 0.6 is 11.3 Å². The van der Waals surface area contributed by atoms with Crippen LogP contribution < -0.4 is 0 Å². The predicted octanol–water partition coefficient (Wildman–Crippen LogP) is 4.39. The van der Waals surface area contributed by atoms with Gasteiger partial charge in [0.15, 0.2) is 0 Å². The highest BCUT2D eigenvalue weighted by molar-refractivity contribution is 7.18. The highest BCUT2D eigenvalue weighted by Gasteiger charge is 2.19. The van der Waals surface area contributed by atoms with E-state index in [0.29, 0.717) is 23.2 Å². The second kappa shape index (κ2) is 8.42. The van der Waals surface area contributed by atoms with E-state index >= 15 is 0 Å². The summed E-state index contributed by atoms with van der Waals surface area (Å²) in [7, 11) is 1.71. The molecule has 0 saturated heterocycles. The maximum Gasteiger partial charge on any atom is 0.341 e. The lowest BCUT2D eigenvalue weighted by molar-refractivity contribution is -0.384. The van der Waals surface area contributed by atoms with Gasteiger partial charge in [0.2, 0.25) is 0 Å². The van der Waals surface area contributed by atoms with E-state index < -0.39 is 10.9 Å². The number of esters is 1. The van der Waals surface area contributed by atoms with E-state index in [2.05, 4.69) is 10.1 Å². The van der Waals surface area contributed by atoms with E-state index in [-0.39, 0.29) is 12.3 Å². The van der Waals surface area contributed by atoms with E-state index in [9.17, 15) is 14.9 Å². The molecule has 2 aromatic heterocycles. The molecule has 4 rings (SSSR count). The Morgan fingerprint density at radius 3 is 2.70 bits per heavy atom. The Morgan fingerprint density at radius 2 is 1.97 bits per heavy atom. The number of hydrogen-bond donors (Lipinski definition) is 0. The van der Waals surface area contributed by atoms with Crippen LogP contribution in [0, 0.1) is 10.1 Å². The Kier molecular flexibility index (Phi) is 5.53. The van der Waals surface area contributed by atoms with Gasteiger partial charge in [0.1, 0.15) is 11.3 Å². The third kappa shape index (κ3) is 4.20. The summed E-state index contributed by atoms with van der Waals surface area (Å²) >= 11 is 1.65. The Balaban J connectivity index is 1.39. The normalized spacial score (nSPS) is 11.0. The van der Waals surface area contributed by atoms with E-state index in [0.717, 1.165) is 21.6 Å². The summed E-state index contributed by atoms with van der Waals surface area (Å²) in [5.41, 5.74) is 2.34. The van der Waals surface area contributed by atoms with Gasteiger partial charge < -0.3 is 4.74 Å². The molecule has 0 saturated carbocycles. The number of nitrogens with zero attached hydrogens (tertiary/aromatic N) is 4. The Labute approximate surface area is 175 Å². The lowest BCUT2D eigenvalue weighted by Crippen LogP contribution is -2.07. The Hall–Kier alpha value is -3.59. The molecule has 0 spiro atoms. The molecule has 0 bridgehead atoms. The van der Waals surface area contributed by atoms with Crippen molar-refractivity contribution in [3.63, 3.8) is 0 Å². The fourth-order valence-corrected chi connectivity index (χ4v) is 4.09. The van der Waals surface area contributed by atoms with Crippen molar-refractivity contribution in [3.8, 4) is 11.3 Å². The summed E-state index contributed by atoms with van der Waals surface area (Å²) < 4.78 is 8.11. The first-order valence-corrected chi connectivity index (χ1v) is 10.1. The summed E-state index contributed by atoms with van der Waals surface area (Å²) in [6.45, 7) is 0.267. The van der Waals surface area contributed by atoms with Gasteiger partial charge in [-0.25, -0.2) is 9.78 Å². The molecule has 4 aromatic rings. The van der Waals surface area contributed by atoms with E-state index in [1.54, 1.807) is 36.7 Å². The number of para-hydroxylation sites is 1. The number of benzene rings is 2. The van der Waals surface area contributed by atoms with Crippen LogP contribution in [0.5, 0.6) is 0 Å². The number of aromatic nitrogens is 3. The zero-order valence-corrected chi connectivity index (χ0v) is 17.0. The van der Waals surface area contributed by atoms with Gasteiger partial charge in [0.25, 0.3) is 5.69 Å². The van der Waals surface area contributed by atoms with E-state index in [4.69, 9.17) is 4.74 Å². The van der Waals surface area contributed by atoms with Gasteiger partial charge in [0.05, 0.1) is 26.8 Å². The highest BCUT2D eigenvalue weighted by Crippen LogP contribution is 2.25. The molecule has 0 aliphatic rings. The average Bonchev–Trinajstić information content (AvgIpc) is 3.34. The van der Waals surface area contributed by atoms with Crippen molar-refractivity contribution in [2.45, 2.75) is 12.8 Å². The van der Waals surface area contributed by atoms with Crippen molar-refractivity contribution < 1.29 is 14.5 Å². The number of carbonyl (C=O) groups is 1. The first-order chi connectivity index (χ1) is 14.5. The molecule has 9 heteroatoms. The van der Waals surface area contributed by atoms with Crippen LogP contribution in [0.4, 0.5) is 5.69 Å². The third-order valence-electron chi connectivity index (χ3n) is 4.51. The molecule has 0 aliphatic carbocycles. The van der Waals surface area contributed by atoms with Gasteiger partial charge in [-0.1, -0.05) is 12.1 Å². The number of carbonyl (C=O) groups excluding carboxylic acids is 1. The van der Waals surface area contributed by atoms with Gasteiger partial charge in [-0.15, -0.1) is 11.3 Å². The summed E-state index contributed by atoms with van der Waals surface area (Å²) in [6.07, 6.45) is 2.99. The molecule has 30 heavy (non-hydrogen) atoms. The lowest BCUT2D eigenvalue weighted by atomic mass is 10.1. The Bertz CT molecular complexity index is 1180. The number of nitro benzene ring substituents is 1. The number of nitro groups is 1. The second-order valence-corrected chi connectivity index (χ2v) is 7.80. The van der Waals surface area contributed by atoms with Crippen molar-refractivity contribution in [1.29, 1.82) is 0 Å². The van der Waals surface area contributed by atoms with Crippen LogP contribution in [-0.4, -0.2) is 32.3 Å². The Morgan fingerprint density at radius 1 is 1.20 bits per heavy atom. The number of hydrogen-bond acceptors (Lipinski definition) is 7. The smallest absolute Gasteiger partial charge is 0.341 e.